The topological polar surface area (TPSA) is 51.2 Å². The van der Waals surface area contributed by atoms with Crippen molar-refractivity contribution in [1.29, 1.82) is 0 Å². The maximum absolute atomic E-state index is 12.1. The van der Waals surface area contributed by atoms with E-state index in [4.69, 9.17) is 11.6 Å². The Morgan fingerprint density at radius 3 is 2.86 bits per heavy atom. The third kappa shape index (κ3) is 4.37. The van der Waals surface area contributed by atoms with Gasteiger partial charge in [-0.3, -0.25) is 4.79 Å². The first kappa shape index (κ1) is 15.7. The molecule has 0 spiro atoms. The molecule has 0 atom stereocenters. The molecule has 1 aromatic heterocycles. The zero-order valence-corrected chi connectivity index (χ0v) is 12.7. The quantitative estimate of drug-likeness (QED) is 0.806. The number of hydrogen-bond donors (Lipinski definition) is 1. The van der Waals surface area contributed by atoms with Crippen molar-refractivity contribution in [1.82, 2.24) is 4.98 Å². The number of nitrogens with one attached hydrogen (secondary N) is 1. The van der Waals surface area contributed by atoms with Crippen LogP contribution in [-0.4, -0.2) is 17.5 Å². The first-order valence-corrected chi connectivity index (χ1v) is 6.80. The summed E-state index contributed by atoms with van der Waals surface area (Å²) < 4.78 is 29.1. The van der Waals surface area contributed by atoms with Crippen LogP contribution in [0.1, 0.15) is 10.4 Å². The summed E-state index contributed by atoms with van der Waals surface area (Å²) in [5.74, 6) is -0.565. The van der Waals surface area contributed by atoms with Crippen molar-refractivity contribution in [2.24, 2.45) is 0 Å². The molecule has 0 saturated carbocycles. The highest BCUT2D eigenvalue weighted by Gasteiger charge is 2.13. The van der Waals surface area contributed by atoms with E-state index in [1.807, 2.05) is 0 Å². The van der Waals surface area contributed by atoms with Crippen LogP contribution >= 0.6 is 27.5 Å². The number of aromatic nitrogens is 1. The van der Waals surface area contributed by atoms with Gasteiger partial charge in [-0.1, -0.05) is 17.7 Å². The second kappa shape index (κ2) is 6.82. The molecule has 8 heteroatoms. The summed E-state index contributed by atoms with van der Waals surface area (Å²) in [5.41, 5.74) is 0.459. The zero-order chi connectivity index (χ0) is 15.4. The number of pyridine rings is 1. The minimum atomic E-state index is -2.93. The Balaban J connectivity index is 2.17. The molecule has 1 amide bonds. The van der Waals surface area contributed by atoms with Crippen LogP contribution in [0.15, 0.2) is 41.0 Å². The summed E-state index contributed by atoms with van der Waals surface area (Å²) in [6.45, 7) is -2.93. The fourth-order valence-electron chi connectivity index (χ4n) is 1.53. The Labute approximate surface area is 132 Å². The first-order chi connectivity index (χ1) is 9.95. The van der Waals surface area contributed by atoms with Gasteiger partial charge in [-0.15, -0.1) is 0 Å². The van der Waals surface area contributed by atoms with E-state index < -0.39 is 12.5 Å². The van der Waals surface area contributed by atoms with E-state index in [0.29, 0.717) is 10.2 Å². The lowest BCUT2D eigenvalue weighted by molar-refractivity contribution is -0.0497. The molecule has 2 aromatic rings. The number of rotatable bonds is 4. The van der Waals surface area contributed by atoms with Gasteiger partial charge in [-0.25, -0.2) is 4.98 Å². The number of alkyl halides is 2. The molecule has 0 radical (unpaired) electrons. The van der Waals surface area contributed by atoms with Gasteiger partial charge in [0.1, 0.15) is 10.9 Å². The highest BCUT2D eigenvalue weighted by molar-refractivity contribution is 9.10. The normalized spacial score (nSPS) is 10.5. The first-order valence-electron chi connectivity index (χ1n) is 5.63. The van der Waals surface area contributed by atoms with Gasteiger partial charge in [0.15, 0.2) is 0 Å². The second-order valence-corrected chi connectivity index (χ2v) is 5.13. The number of hydrogen-bond acceptors (Lipinski definition) is 3. The fraction of sp³-hybridized carbons (Fsp3) is 0.0769. The fourth-order valence-corrected chi connectivity index (χ4v) is 2.05. The van der Waals surface area contributed by atoms with Gasteiger partial charge >= 0.3 is 6.61 Å². The van der Waals surface area contributed by atoms with E-state index in [-0.39, 0.29) is 16.5 Å². The van der Waals surface area contributed by atoms with Crippen LogP contribution in [0.5, 0.6) is 5.75 Å². The summed E-state index contributed by atoms with van der Waals surface area (Å²) in [6.07, 6.45) is 1.45. The molecule has 4 nitrogen and oxygen atoms in total. The molecule has 1 N–H and O–H groups in total. The van der Waals surface area contributed by atoms with Gasteiger partial charge in [0, 0.05) is 22.4 Å². The molecular formula is C13H8BrClF2N2O2. The third-order valence-corrected chi connectivity index (χ3v) is 3.10. The van der Waals surface area contributed by atoms with E-state index in [0.717, 1.165) is 0 Å². The Bertz CT molecular complexity index is 670. The lowest BCUT2D eigenvalue weighted by Gasteiger charge is -2.09. The van der Waals surface area contributed by atoms with Gasteiger partial charge in [0.05, 0.1) is 5.56 Å². The maximum atomic E-state index is 12.1. The number of nitrogens with zero attached hydrogens (tertiary/aromatic N) is 1. The number of carbonyl (C=O) groups is 1. The number of halogens is 4. The summed E-state index contributed by atoms with van der Waals surface area (Å²) in [6, 6.07) is 7.16. The van der Waals surface area contributed by atoms with Crippen LogP contribution in [0.4, 0.5) is 14.5 Å². The van der Waals surface area contributed by atoms with Crippen molar-refractivity contribution in [2.45, 2.75) is 6.61 Å². The Morgan fingerprint density at radius 1 is 1.38 bits per heavy atom. The Morgan fingerprint density at radius 2 is 2.14 bits per heavy atom. The van der Waals surface area contributed by atoms with E-state index >= 15 is 0 Å². The molecule has 0 fully saturated rings. The largest absolute Gasteiger partial charge is 0.435 e. The Kier molecular flexibility index (Phi) is 5.08. The van der Waals surface area contributed by atoms with Gasteiger partial charge in [0.2, 0.25) is 0 Å². The lowest BCUT2D eigenvalue weighted by atomic mass is 10.2. The molecule has 0 bridgehead atoms. The van der Waals surface area contributed by atoms with Crippen molar-refractivity contribution in [3.8, 4) is 5.75 Å². The van der Waals surface area contributed by atoms with Crippen LogP contribution in [0.25, 0.3) is 0 Å². The maximum Gasteiger partial charge on any atom is 0.387 e. The summed E-state index contributed by atoms with van der Waals surface area (Å²) in [5, 5.41) is 2.57. The molecule has 0 aliphatic carbocycles. The average molecular weight is 378 g/mol. The van der Waals surface area contributed by atoms with E-state index in [1.165, 1.54) is 36.5 Å². The van der Waals surface area contributed by atoms with E-state index in [2.05, 4.69) is 31.0 Å². The molecule has 110 valence electrons. The molecule has 1 heterocycles. The number of carbonyl (C=O) groups excluding carboxylic acids is 1. The molecule has 21 heavy (non-hydrogen) atoms. The minimum absolute atomic E-state index is 0.0377. The predicted octanol–water partition coefficient (Wildman–Crippen LogP) is 4.35. The van der Waals surface area contributed by atoms with Gasteiger partial charge in [0.25, 0.3) is 5.91 Å². The predicted molar refractivity (Wildman–Crippen MR) is 78.0 cm³/mol. The third-order valence-electron chi connectivity index (χ3n) is 2.37. The number of benzene rings is 1. The number of ether oxygens (including phenoxy) is 1. The molecule has 2 rings (SSSR count). The average Bonchev–Trinajstić information content (AvgIpc) is 2.41. The number of amides is 1. The van der Waals surface area contributed by atoms with Crippen LogP contribution < -0.4 is 10.1 Å². The van der Waals surface area contributed by atoms with Crippen LogP contribution in [0.2, 0.25) is 5.15 Å². The highest BCUT2D eigenvalue weighted by atomic mass is 79.9. The molecular weight excluding hydrogens is 370 g/mol. The standard InChI is InChI=1S/C13H8BrClF2N2O2/c14-7-4-10(11(15)18-6-7)12(20)19-8-2-1-3-9(5-8)21-13(16)17/h1-6,13H,(H,19,20). The Hall–Kier alpha value is -1.73. The second-order valence-electron chi connectivity index (χ2n) is 3.85. The monoisotopic (exact) mass is 376 g/mol. The van der Waals surface area contributed by atoms with Crippen molar-refractivity contribution in [2.75, 3.05) is 5.32 Å². The summed E-state index contributed by atoms with van der Waals surface area (Å²) in [7, 11) is 0. The molecule has 0 aliphatic rings. The molecule has 0 saturated heterocycles. The van der Waals surface area contributed by atoms with Crippen molar-refractivity contribution < 1.29 is 18.3 Å². The summed E-state index contributed by atoms with van der Waals surface area (Å²) in [4.78, 5) is 15.9. The zero-order valence-electron chi connectivity index (χ0n) is 10.3. The van der Waals surface area contributed by atoms with Crippen LogP contribution in [0, 0.1) is 0 Å². The SMILES string of the molecule is O=C(Nc1cccc(OC(F)F)c1)c1cc(Br)cnc1Cl. The van der Waals surface area contributed by atoms with Crippen LogP contribution in [-0.2, 0) is 0 Å². The van der Waals surface area contributed by atoms with Gasteiger partial charge < -0.3 is 10.1 Å². The number of anilines is 1. The minimum Gasteiger partial charge on any atom is -0.435 e. The highest BCUT2D eigenvalue weighted by Crippen LogP contribution is 2.22. The van der Waals surface area contributed by atoms with Crippen LogP contribution in [0.3, 0.4) is 0 Å². The molecule has 0 aliphatic heterocycles. The lowest BCUT2D eigenvalue weighted by Crippen LogP contribution is -2.13. The van der Waals surface area contributed by atoms with Crippen molar-refractivity contribution in [3.63, 3.8) is 0 Å². The molecule has 0 unspecified atom stereocenters. The smallest absolute Gasteiger partial charge is 0.387 e. The van der Waals surface area contributed by atoms with Gasteiger partial charge in [-0.05, 0) is 34.1 Å². The molecule has 1 aromatic carbocycles. The van der Waals surface area contributed by atoms with E-state index in [9.17, 15) is 13.6 Å². The van der Waals surface area contributed by atoms with Crippen molar-refractivity contribution in [3.05, 3.63) is 51.7 Å². The summed E-state index contributed by atoms with van der Waals surface area (Å²) >= 11 is 9.03. The van der Waals surface area contributed by atoms with Crippen molar-refractivity contribution >= 4 is 39.1 Å². The van der Waals surface area contributed by atoms with Gasteiger partial charge in [-0.2, -0.15) is 8.78 Å². The van der Waals surface area contributed by atoms with E-state index in [1.54, 1.807) is 0 Å².